The predicted molar refractivity (Wildman–Crippen MR) is 87.9 cm³/mol. The van der Waals surface area contributed by atoms with Gasteiger partial charge in [-0.2, -0.15) is 0 Å². The Morgan fingerprint density at radius 1 is 1.30 bits per heavy atom. The van der Waals surface area contributed by atoms with Gasteiger partial charge in [0.25, 0.3) is 0 Å². The molecule has 0 aliphatic rings. The van der Waals surface area contributed by atoms with E-state index in [1.807, 2.05) is 55.8 Å². The van der Waals surface area contributed by atoms with Crippen LogP contribution in [0.15, 0.2) is 34.9 Å². The number of carbonyl (C=O) groups is 1. The van der Waals surface area contributed by atoms with E-state index in [1.54, 1.807) is 0 Å². The van der Waals surface area contributed by atoms with Crippen molar-refractivity contribution >= 4 is 16.8 Å². The maximum atomic E-state index is 12.0. The van der Waals surface area contributed by atoms with Crippen molar-refractivity contribution in [2.45, 2.75) is 39.8 Å². The topological polar surface area (TPSA) is 73.0 Å². The molecule has 3 aromatic rings. The van der Waals surface area contributed by atoms with Gasteiger partial charge in [-0.05, 0) is 37.4 Å². The summed E-state index contributed by atoms with van der Waals surface area (Å²) in [5.74, 6) is 1.11. The standard InChI is InChI=1S/C17H20N4O2/c1-4-16-19-20-17(23-16)13-6-5-12-7-8-21(14(12)9-13)10-15(22)18-11(2)3/h5-9,11H,4,10H2,1-3H3,(H,18,22). The van der Waals surface area contributed by atoms with E-state index >= 15 is 0 Å². The summed E-state index contributed by atoms with van der Waals surface area (Å²) >= 11 is 0. The molecule has 0 saturated carbocycles. The minimum atomic E-state index is -0.00559. The Kier molecular flexibility index (Phi) is 4.14. The lowest BCUT2D eigenvalue weighted by atomic mass is 10.1. The number of nitrogens with one attached hydrogen (secondary N) is 1. The second-order valence-electron chi connectivity index (χ2n) is 5.79. The summed E-state index contributed by atoms with van der Waals surface area (Å²) < 4.78 is 7.53. The Balaban J connectivity index is 1.92. The van der Waals surface area contributed by atoms with Gasteiger partial charge in [-0.15, -0.1) is 10.2 Å². The van der Waals surface area contributed by atoms with E-state index in [4.69, 9.17) is 4.42 Å². The molecule has 6 nitrogen and oxygen atoms in total. The molecule has 0 atom stereocenters. The molecule has 0 aliphatic heterocycles. The highest BCUT2D eigenvalue weighted by Crippen LogP contribution is 2.24. The van der Waals surface area contributed by atoms with Crippen LogP contribution in [0.1, 0.15) is 26.7 Å². The fourth-order valence-electron chi connectivity index (χ4n) is 2.49. The largest absolute Gasteiger partial charge is 0.421 e. The first-order chi connectivity index (χ1) is 11.1. The van der Waals surface area contributed by atoms with Crippen molar-refractivity contribution in [3.8, 4) is 11.5 Å². The number of nitrogens with zero attached hydrogens (tertiary/aromatic N) is 3. The first-order valence-corrected chi connectivity index (χ1v) is 7.78. The average molecular weight is 312 g/mol. The van der Waals surface area contributed by atoms with E-state index in [2.05, 4.69) is 15.5 Å². The molecule has 120 valence electrons. The molecule has 0 aliphatic carbocycles. The van der Waals surface area contributed by atoms with Crippen LogP contribution in [0.3, 0.4) is 0 Å². The van der Waals surface area contributed by atoms with Crippen LogP contribution < -0.4 is 5.32 Å². The SMILES string of the molecule is CCc1nnc(-c2ccc3ccn(CC(=O)NC(C)C)c3c2)o1. The van der Waals surface area contributed by atoms with Crippen LogP contribution in [0.25, 0.3) is 22.4 Å². The van der Waals surface area contributed by atoms with E-state index in [1.165, 1.54) is 0 Å². The van der Waals surface area contributed by atoms with Gasteiger partial charge < -0.3 is 14.3 Å². The fraction of sp³-hybridized carbons (Fsp3) is 0.353. The molecule has 0 unspecified atom stereocenters. The summed E-state index contributed by atoms with van der Waals surface area (Å²) in [4.78, 5) is 12.0. The van der Waals surface area contributed by atoms with E-state index in [9.17, 15) is 4.79 Å². The van der Waals surface area contributed by atoms with Crippen LogP contribution in [0.5, 0.6) is 0 Å². The van der Waals surface area contributed by atoms with Crippen LogP contribution >= 0.6 is 0 Å². The summed E-state index contributed by atoms with van der Waals surface area (Å²) in [5.41, 5.74) is 1.83. The Morgan fingerprint density at radius 2 is 2.13 bits per heavy atom. The quantitative estimate of drug-likeness (QED) is 0.786. The Morgan fingerprint density at radius 3 is 2.83 bits per heavy atom. The van der Waals surface area contributed by atoms with Gasteiger partial charge in [0.15, 0.2) is 0 Å². The lowest BCUT2D eigenvalue weighted by molar-refractivity contribution is -0.122. The normalized spacial score (nSPS) is 11.3. The average Bonchev–Trinajstić information content (AvgIpc) is 3.13. The number of carbonyl (C=O) groups excluding carboxylic acids is 1. The van der Waals surface area contributed by atoms with Gasteiger partial charge >= 0.3 is 0 Å². The number of hydrogen-bond donors (Lipinski definition) is 1. The number of hydrogen-bond acceptors (Lipinski definition) is 4. The molecular formula is C17H20N4O2. The summed E-state index contributed by atoms with van der Waals surface area (Å²) in [7, 11) is 0. The Labute approximate surface area is 134 Å². The maximum absolute atomic E-state index is 12.0. The van der Waals surface area contributed by atoms with Crippen LogP contribution in [0, 0.1) is 0 Å². The van der Waals surface area contributed by atoms with E-state index in [-0.39, 0.29) is 18.5 Å². The van der Waals surface area contributed by atoms with Gasteiger partial charge in [0.05, 0.1) is 0 Å². The van der Waals surface area contributed by atoms with Gasteiger partial charge in [-0.25, -0.2) is 0 Å². The molecule has 0 fully saturated rings. The van der Waals surface area contributed by atoms with Gasteiger partial charge in [0, 0.05) is 29.7 Å². The van der Waals surface area contributed by atoms with Crippen molar-refractivity contribution in [2.24, 2.45) is 0 Å². The molecule has 0 spiro atoms. The highest BCUT2D eigenvalue weighted by Gasteiger charge is 2.11. The van der Waals surface area contributed by atoms with Crippen molar-refractivity contribution < 1.29 is 9.21 Å². The predicted octanol–water partition coefficient (Wildman–Crippen LogP) is 2.78. The van der Waals surface area contributed by atoms with E-state index in [0.29, 0.717) is 18.2 Å². The maximum Gasteiger partial charge on any atom is 0.247 e. The monoisotopic (exact) mass is 312 g/mol. The van der Waals surface area contributed by atoms with Crippen molar-refractivity contribution in [3.05, 3.63) is 36.4 Å². The molecule has 3 rings (SSSR count). The fourth-order valence-corrected chi connectivity index (χ4v) is 2.49. The summed E-state index contributed by atoms with van der Waals surface area (Å²) in [6.07, 6.45) is 2.63. The third-order valence-corrected chi connectivity index (χ3v) is 3.55. The van der Waals surface area contributed by atoms with Gasteiger partial charge in [-0.3, -0.25) is 4.79 Å². The van der Waals surface area contributed by atoms with Gasteiger partial charge in [-0.1, -0.05) is 13.0 Å². The number of benzene rings is 1. The molecule has 1 amide bonds. The molecule has 0 radical (unpaired) electrons. The second kappa shape index (κ2) is 6.24. The Hall–Kier alpha value is -2.63. The smallest absolute Gasteiger partial charge is 0.247 e. The molecule has 6 heteroatoms. The molecule has 0 saturated heterocycles. The lowest BCUT2D eigenvalue weighted by Gasteiger charge is -2.10. The Bertz CT molecular complexity index is 832. The highest BCUT2D eigenvalue weighted by molar-refractivity contribution is 5.86. The summed E-state index contributed by atoms with van der Waals surface area (Å²) in [6.45, 7) is 6.16. The molecule has 23 heavy (non-hydrogen) atoms. The number of aryl methyl sites for hydroxylation is 1. The number of amides is 1. The zero-order chi connectivity index (χ0) is 16.4. The summed E-state index contributed by atoms with van der Waals surface area (Å²) in [6, 6.07) is 8.05. The van der Waals surface area contributed by atoms with Crippen LogP contribution in [-0.4, -0.2) is 26.7 Å². The lowest BCUT2D eigenvalue weighted by Crippen LogP contribution is -2.32. The minimum absolute atomic E-state index is 0.00559. The minimum Gasteiger partial charge on any atom is -0.421 e. The summed E-state index contributed by atoms with van der Waals surface area (Å²) in [5, 5.41) is 12.0. The number of aromatic nitrogens is 3. The van der Waals surface area contributed by atoms with Crippen LogP contribution in [0.2, 0.25) is 0 Å². The number of rotatable bonds is 5. The molecule has 1 aromatic carbocycles. The third-order valence-electron chi connectivity index (χ3n) is 3.55. The van der Waals surface area contributed by atoms with Gasteiger partial charge in [0.1, 0.15) is 6.54 Å². The zero-order valence-corrected chi connectivity index (χ0v) is 13.5. The molecule has 1 N–H and O–H groups in total. The first kappa shape index (κ1) is 15.3. The third kappa shape index (κ3) is 3.26. The van der Waals surface area contributed by atoms with Crippen molar-refractivity contribution in [2.75, 3.05) is 0 Å². The first-order valence-electron chi connectivity index (χ1n) is 7.78. The zero-order valence-electron chi connectivity index (χ0n) is 13.5. The molecular weight excluding hydrogens is 292 g/mol. The molecule has 2 aromatic heterocycles. The van der Waals surface area contributed by atoms with Crippen molar-refractivity contribution in [1.29, 1.82) is 0 Å². The molecule has 0 bridgehead atoms. The van der Waals surface area contributed by atoms with Crippen molar-refractivity contribution in [1.82, 2.24) is 20.1 Å². The van der Waals surface area contributed by atoms with Crippen LogP contribution in [-0.2, 0) is 17.8 Å². The highest BCUT2D eigenvalue weighted by atomic mass is 16.4. The van der Waals surface area contributed by atoms with E-state index in [0.717, 1.165) is 16.5 Å². The van der Waals surface area contributed by atoms with Crippen LogP contribution in [0.4, 0.5) is 0 Å². The van der Waals surface area contributed by atoms with Gasteiger partial charge in [0.2, 0.25) is 17.7 Å². The van der Waals surface area contributed by atoms with Crippen molar-refractivity contribution in [3.63, 3.8) is 0 Å². The number of fused-ring (bicyclic) bond motifs is 1. The van der Waals surface area contributed by atoms with E-state index < -0.39 is 0 Å². The molecule has 2 heterocycles. The second-order valence-corrected chi connectivity index (χ2v) is 5.79.